The Morgan fingerprint density at radius 1 is 1.00 bits per heavy atom. The molecular formula is C18H17N5O. The maximum atomic E-state index is 12.4. The number of nitrogens with zero attached hydrogens (tertiary/aromatic N) is 4. The van der Waals surface area contributed by atoms with E-state index in [1.165, 1.54) is 12.8 Å². The van der Waals surface area contributed by atoms with Crippen molar-refractivity contribution in [1.82, 2.24) is 15.2 Å². The number of pyridine rings is 1. The van der Waals surface area contributed by atoms with E-state index in [1.807, 2.05) is 36.4 Å². The molecule has 1 aliphatic rings. The van der Waals surface area contributed by atoms with Crippen molar-refractivity contribution >= 4 is 28.3 Å². The lowest BCUT2D eigenvalue weighted by Crippen LogP contribution is -2.21. The highest BCUT2D eigenvalue weighted by molar-refractivity contribution is 6.07. The average Bonchev–Trinajstić information content (AvgIpc) is 3.17. The lowest BCUT2D eigenvalue weighted by molar-refractivity contribution is 0.102. The smallest absolute Gasteiger partial charge is 0.276 e. The van der Waals surface area contributed by atoms with Gasteiger partial charge in [0.15, 0.2) is 11.5 Å². The van der Waals surface area contributed by atoms with Gasteiger partial charge in [0.1, 0.15) is 0 Å². The molecule has 120 valence electrons. The molecule has 4 rings (SSSR count). The first-order chi connectivity index (χ1) is 11.8. The molecular weight excluding hydrogens is 302 g/mol. The first-order valence-electron chi connectivity index (χ1n) is 8.05. The number of aromatic nitrogens is 3. The number of amides is 1. The second-order valence-corrected chi connectivity index (χ2v) is 5.80. The Balaban J connectivity index is 1.55. The van der Waals surface area contributed by atoms with Gasteiger partial charge in [-0.25, -0.2) is 0 Å². The van der Waals surface area contributed by atoms with Crippen LogP contribution in [0.1, 0.15) is 23.3 Å². The molecule has 1 saturated heterocycles. The van der Waals surface area contributed by atoms with Crippen LogP contribution in [0, 0.1) is 0 Å². The summed E-state index contributed by atoms with van der Waals surface area (Å²) in [6, 6.07) is 13.0. The standard InChI is InChI=1S/C18H17N5O/c24-18(16-8-9-17(22-21-16)23-11-1-2-12-23)20-15-7-3-6-14-13(15)5-4-10-19-14/h3-10H,1-2,11-12H2,(H,20,24). The van der Waals surface area contributed by atoms with Crippen LogP contribution < -0.4 is 10.2 Å². The van der Waals surface area contributed by atoms with Crippen molar-refractivity contribution in [3.05, 3.63) is 54.4 Å². The van der Waals surface area contributed by atoms with Gasteiger partial charge in [0.05, 0.1) is 11.2 Å². The molecule has 0 unspecified atom stereocenters. The number of rotatable bonds is 3. The maximum absolute atomic E-state index is 12.4. The van der Waals surface area contributed by atoms with E-state index in [0.717, 1.165) is 35.5 Å². The summed E-state index contributed by atoms with van der Waals surface area (Å²) >= 11 is 0. The first-order valence-corrected chi connectivity index (χ1v) is 8.05. The van der Waals surface area contributed by atoms with Crippen LogP contribution in [0.15, 0.2) is 48.7 Å². The summed E-state index contributed by atoms with van der Waals surface area (Å²) in [6.07, 6.45) is 4.09. The minimum Gasteiger partial charge on any atom is -0.355 e. The van der Waals surface area contributed by atoms with Crippen LogP contribution in [0.5, 0.6) is 0 Å². The zero-order valence-corrected chi connectivity index (χ0v) is 13.1. The van der Waals surface area contributed by atoms with E-state index in [9.17, 15) is 4.79 Å². The lowest BCUT2D eigenvalue weighted by Gasteiger charge is -2.15. The molecule has 0 spiro atoms. The van der Waals surface area contributed by atoms with Crippen LogP contribution in [0.2, 0.25) is 0 Å². The van der Waals surface area contributed by atoms with Crippen molar-refractivity contribution in [1.29, 1.82) is 0 Å². The number of benzene rings is 1. The fourth-order valence-corrected chi connectivity index (χ4v) is 2.96. The number of carbonyl (C=O) groups excluding carboxylic acids is 1. The summed E-state index contributed by atoms with van der Waals surface area (Å²) < 4.78 is 0. The SMILES string of the molecule is O=C(Nc1cccc2ncccc12)c1ccc(N2CCCC2)nn1. The Hall–Kier alpha value is -3.02. The summed E-state index contributed by atoms with van der Waals surface area (Å²) in [4.78, 5) is 18.9. The topological polar surface area (TPSA) is 71.0 Å². The van der Waals surface area contributed by atoms with Gasteiger partial charge >= 0.3 is 0 Å². The highest BCUT2D eigenvalue weighted by atomic mass is 16.1. The van der Waals surface area contributed by atoms with Crippen LogP contribution in [-0.2, 0) is 0 Å². The van der Waals surface area contributed by atoms with Gasteiger partial charge in [-0.2, -0.15) is 0 Å². The van der Waals surface area contributed by atoms with E-state index >= 15 is 0 Å². The van der Waals surface area contributed by atoms with E-state index in [2.05, 4.69) is 25.4 Å². The predicted octanol–water partition coefficient (Wildman–Crippen LogP) is 2.88. The second-order valence-electron chi connectivity index (χ2n) is 5.80. The van der Waals surface area contributed by atoms with Gasteiger partial charge in [-0.15, -0.1) is 10.2 Å². The molecule has 6 heteroatoms. The molecule has 1 amide bonds. The molecule has 0 aliphatic carbocycles. The Morgan fingerprint density at radius 2 is 1.88 bits per heavy atom. The molecule has 0 saturated carbocycles. The third-order valence-corrected chi connectivity index (χ3v) is 4.21. The molecule has 0 atom stereocenters. The molecule has 1 N–H and O–H groups in total. The first kappa shape index (κ1) is 14.6. The number of hydrogen-bond donors (Lipinski definition) is 1. The molecule has 1 aromatic carbocycles. The number of carbonyl (C=O) groups is 1. The minimum absolute atomic E-state index is 0.271. The van der Waals surface area contributed by atoms with E-state index in [-0.39, 0.29) is 5.91 Å². The Kier molecular flexibility index (Phi) is 3.78. The van der Waals surface area contributed by atoms with Crippen molar-refractivity contribution in [3.8, 4) is 0 Å². The lowest BCUT2D eigenvalue weighted by atomic mass is 10.2. The highest BCUT2D eigenvalue weighted by Crippen LogP contribution is 2.22. The highest BCUT2D eigenvalue weighted by Gasteiger charge is 2.15. The fourth-order valence-electron chi connectivity index (χ4n) is 2.96. The molecule has 2 aromatic heterocycles. The summed E-state index contributed by atoms with van der Waals surface area (Å²) in [5.74, 6) is 0.560. The summed E-state index contributed by atoms with van der Waals surface area (Å²) in [5.41, 5.74) is 1.86. The van der Waals surface area contributed by atoms with E-state index in [1.54, 1.807) is 12.3 Å². The van der Waals surface area contributed by atoms with E-state index in [4.69, 9.17) is 0 Å². The van der Waals surface area contributed by atoms with Crippen LogP contribution >= 0.6 is 0 Å². The molecule has 6 nitrogen and oxygen atoms in total. The van der Waals surface area contributed by atoms with Gasteiger partial charge in [-0.05, 0) is 49.2 Å². The van der Waals surface area contributed by atoms with Gasteiger partial charge in [-0.3, -0.25) is 9.78 Å². The van der Waals surface area contributed by atoms with Crippen molar-refractivity contribution in [2.24, 2.45) is 0 Å². The van der Waals surface area contributed by atoms with Crippen LogP contribution in [0.3, 0.4) is 0 Å². The van der Waals surface area contributed by atoms with Gasteiger partial charge < -0.3 is 10.2 Å². The second kappa shape index (κ2) is 6.23. The molecule has 1 aliphatic heterocycles. The van der Waals surface area contributed by atoms with Gasteiger partial charge in [0.2, 0.25) is 0 Å². The van der Waals surface area contributed by atoms with Crippen molar-refractivity contribution in [2.75, 3.05) is 23.3 Å². The molecule has 1 fully saturated rings. The van der Waals surface area contributed by atoms with Crippen LogP contribution in [0.4, 0.5) is 11.5 Å². The summed E-state index contributed by atoms with van der Waals surface area (Å²) in [5, 5.41) is 12.1. The van der Waals surface area contributed by atoms with Crippen LogP contribution in [-0.4, -0.2) is 34.2 Å². The fraction of sp³-hybridized carbons (Fsp3) is 0.222. The largest absolute Gasteiger partial charge is 0.355 e. The van der Waals surface area contributed by atoms with Crippen molar-refractivity contribution < 1.29 is 4.79 Å². The molecule has 0 bridgehead atoms. The number of fused-ring (bicyclic) bond motifs is 1. The molecule has 0 radical (unpaired) electrons. The zero-order chi connectivity index (χ0) is 16.4. The van der Waals surface area contributed by atoms with Gasteiger partial charge in [0.25, 0.3) is 5.91 Å². The van der Waals surface area contributed by atoms with Gasteiger partial charge in [-0.1, -0.05) is 6.07 Å². The van der Waals surface area contributed by atoms with Crippen molar-refractivity contribution in [2.45, 2.75) is 12.8 Å². The third kappa shape index (κ3) is 2.78. The minimum atomic E-state index is -0.271. The Labute approximate surface area is 139 Å². The van der Waals surface area contributed by atoms with E-state index in [0.29, 0.717) is 5.69 Å². The normalized spacial score (nSPS) is 14.1. The number of hydrogen-bond acceptors (Lipinski definition) is 5. The quantitative estimate of drug-likeness (QED) is 0.804. The zero-order valence-electron chi connectivity index (χ0n) is 13.1. The van der Waals surface area contributed by atoms with Gasteiger partial charge in [0, 0.05) is 24.7 Å². The molecule has 3 aromatic rings. The Morgan fingerprint density at radius 3 is 2.67 bits per heavy atom. The summed E-state index contributed by atoms with van der Waals surface area (Å²) in [6.45, 7) is 2.01. The monoisotopic (exact) mass is 319 g/mol. The molecule has 24 heavy (non-hydrogen) atoms. The average molecular weight is 319 g/mol. The van der Waals surface area contributed by atoms with E-state index < -0.39 is 0 Å². The number of anilines is 2. The Bertz CT molecular complexity index is 867. The maximum Gasteiger partial charge on any atom is 0.276 e. The predicted molar refractivity (Wildman–Crippen MR) is 93.2 cm³/mol. The molecule has 3 heterocycles. The van der Waals surface area contributed by atoms with Crippen molar-refractivity contribution in [3.63, 3.8) is 0 Å². The number of nitrogens with one attached hydrogen (secondary N) is 1. The van der Waals surface area contributed by atoms with Crippen LogP contribution in [0.25, 0.3) is 10.9 Å². The summed E-state index contributed by atoms with van der Waals surface area (Å²) in [7, 11) is 0. The third-order valence-electron chi connectivity index (χ3n) is 4.21.